The number of fused-ring (bicyclic) bond motifs is 1. The Kier molecular flexibility index (Phi) is 2.44. The van der Waals surface area contributed by atoms with Crippen molar-refractivity contribution < 1.29 is 4.42 Å². The summed E-state index contributed by atoms with van der Waals surface area (Å²) >= 11 is 3.38. The maximum atomic E-state index is 5.69. The molecule has 4 heteroatoms. The molecular weight excluding hydrogens is 280 g/mol. The van der Waals surface area contributed by atoms with E-state index in [1.807, 2.05) is 31.2 Å². The van der Waals surface area contributed by atoms with Crippen LogP contribution >= 0.6 is 15.9 Å². The molecule has 2 aromatic heterocycles. The molecule has 0 amide bonds. The van der Waals surface area contributed by atoms with Gasteiger partial charge in [0.25, 0.3) is 0 Å². The van der Waals surface area contributed by atoms with Crippen LogP contribution in [-0.2, 0) is 0 Å². The summed E-state index contributed by atoms with van der Waals surface area (Å²) in [4.78, 5) is 8.56. The Morgan fingerprint density at radius 3 is 2.88 bits per heavy atom. The van der Waals surface area contributed by atoms with Gasteiger partial charge >= 0.3 is 0 Å². The van der Waals surface area contributed by atoms with Crippen molar-refractivity contribution in [3.63, 3.8) is 0 Å². The van der Waals surface area contributed by atoms with E-state index in [9.17, 15) is 0 Å². The lowest BCUT2D eigenvalue weighted by Gasteiger charge is -1.94. The van der Waals surface area contributed by atoms with Crippen LogP contribution in [0, 0.1) is 6.92 Å². The average Bonchev–Trinajstić information content (AvgIpc) is 2.72. The topological polar surface area (TPSA) is 38.9 Å². The number of nitrogens with zero attached hydrogens (tertiary/aromatic N) is 2. The first-order chi connectivity index (χ1) is 8.22. The van der Waals surface area contributed by atoms with Crippen molar-refractivity contribution in [1.82, 2.24) is 9.97 Å². The van der Waals surface area contributed by atoms with Gasteiger partial charge in [0.1, 0.15) is 5.52 Å². The van der Waals surface area contributed by atoms with Crippen LogP contribution in [0.4, 0.5) is 0 Å². The van der Waals surface area contributed by atoms with Crippen LogP contribution in [0.2, 0.25) is 0 Å². The molecule has 0 unspecified atom stereocenters. The van der Waals surface area contributed by atoms with Gasteiger partial charge in [0.05, 0.1) is 5.56 Å². The molecule has 3 rings (SSSR count). The molecular formula is C13H9BrN2O. The molecule has 84 valence electrons. The third kappa shape index (κ3) is 1.96. The molecule has 1 aromatic carbocycles. The van der Waals surface area contributed by atoms with Crippen LogP contribution in [0.15, 0.2) is 45.5 Å². The van der Waals surface area contributed by atoms with Crippen molar-refractivity contribution in [1.29, 1.82) is 0 Å². The zero-order valence-corrected chi connectivity index (χ0v) is 10.7. The van der Waals surface area contributed by atoms with Gasteiger partial charge < -0.3 is 4.42 Å². The lowest BCUT2D eigenvalue weighted by atomic mass is 10.2. The minimum absolute atomic E-state index is 0.597. The first kappa shape index (κ1) is 10.5. The Hall–Kier alpha value is -1.68. The molecule has 0 saturated carbocycles. The highest BCUT2D eigenvalue weighted by atomic mass is 79.9. The van der Waals surface area contributed by atoms with Crippen molar-refractivity contribution in [3.05, 3.63) is 46.7 Å². The molecule has 0 spiro atoms. The molecule has 0 radical (unpaired) electrons. The van der Waals surface area contributed by atoms with Crippen LogP contribution < -0.4 is 0 Å². The van der Waals surface area contributed by atoms with E-state index in [0.29, 0.717) is 5.89 Å². The quantitative estimate of drug-likeness (QED) is 0.680. The molecule has 3 nitrogen and oxygen atoms in total. The number of pyridine rings is 1. The predicted octanol–water partition coefficient (Wildman–Crippen LogP) is 3.96. The number of hydrogen-bond donors (Lipinski definition) is 0. The maximum absolute atomic E-state index is 5.69. The minimum Gasteiger partial charge on any atom is -0.436 e. The van der Waals surface area contributed by atoms with E-state index in [1.165, 1.54) is 5.56 Å². The Bertz CT molecular complexity index is 691. The molecule has 3 aromatic rings. The summed E-state index contributed by atoms with van der Waals surface area (Å²) in [5, 5.41) is 0. The fourth-order valence-corrected chi connectivity index (χ4v) is 2.05. The van der Waals surface area contributed by atoms with Crippen LogP contribution in [0.25, 0.3) is 22.6 Å². The van der Waals surface area contributed by atoms with E-state index < -0.39 is 0 Å². The van der Waals surface area contributed by atoms with Gasteiger partial charge in [-0.1, -0.05) is 6.07 Å². The second kappa shape index (κ2) is 3.96. The van der Waals surface area contributed by atoms with Crippen molar-refractivity contribution >= 4 is 27.0 Å². The normalized spacial score (nSPS) is 10.9. The maximum Gasteiger partial charge on any atom is 0.228 e. The number of benzene rings is 1. The molecule has 0 N–H and O–H groups in total. The van der Waals surface area contributed by atoms with Gasteiger partial charge in [-0.25, -0.2) is 4.98 Å². The summed E-state index contributed by atoms with van der Waals surface area (Å²) in [6.07, 6.45) is 3.47. The van der Waals surface area contributed by atoms with Crippen molar-refractivity contribution in [2.45, 2.75) is 6.92 Å². The number of halogens is 1. The molecule has 0 aliphatic carbocycles. The molecule has 0 bridgehead atoms. The van der Waals surface area contributed by atoms with Crippen molar-refractivity contribution in [2.75, 3.05) is 0 Å². The summed E-state index contributed by atoms with van der Waals surface area (Å²) < 4.78 is 6.60. The summed E-state index contributed by atoms with van der Waals surface area (Å²) in [6.45, 7) is 2.04. The van der Waals surface area contributed by atoms with Gasteiger partial charge in [-0.05, 0) is 46.6 Å². The number of oxazole rings is 1. The first-order valence-electron chi connectivity index (χ1n) is 5.20. The average molecular weight is 289 g/mol. The highest BCUT2D eigenvalue weighted by molar-refractivity contribution is 9.10. The van der Waals surface area contributed by atoms with Gasteiger partial charge in [0.2, 0.25) is 5.89 Å². The van der Waals surface area contributed by atoms with Crippen molar-refractivity contribution in [2.24, 2.45) is 0 Å². The fourth-order valence-electron chi connectivity index (χ4n) is 1.69. The standard InChI is InChI=1S/C13H9BrN2O/c1-8-2-3-12-11(4-8)16-13(17-12)9-5-10(14)7-15-6-9/h2-7H,1H3. The lowest BCUT2D eigenvalue weighted by molar-refractivity contribution is 0.619. The van der Waals surface area contributed by atoms with Crippen LogP contribution in [-0.4, -0.2) is 9.97 Å². The van der Waals surface area contributed by atoms with Gasteiger partial charge in [-0.15, -0.1) is 0 Å². The highest BCUT2D eigenvalue weighted by Gasteiger charge is 2.08. The second-order valence-electron chi connectivity index (χ2n) is 3.88. The molecule has 0 aliphatic rings. The summed E-state index contributed by atoms with van der Waals surface area (Å²) in [7, 11) is 0. The summed E-state index contributed by atoms with van der Waals surface area (Å²) in [5.74, 6) is 0.597. The molecule has 2 heterocycles. The summed E-state index contributed by atoms with van der Waals surface area (Å²) in [6, 6.07) is 7.89. The van der Waals surface area contributed by atoms with Gasteiger partial charge in [0.15, 0.2) is 5.58 Å². The van der Waals surface area contributed by atoms with Crippen LogP contribution in [0.3, 0.4) is 0 Å². The van der Waals surface area contributed by atoms with E-state index in [0.717, 1.165) is 21.1 Å². The third-order valence-electron chi connectivity index (χ3n) is 2.49. The number of rotatable bonds is 1. The largest absolute Gasteiger partial charge is 0.436 e. The highest BCUT2D eigenvalue weighted by Crippen LogP contribution is 2.25. The molecule has 0 saturated heterocycles. The van der Waals surface area contributed by atoms with E-state index >= 15 is 0 Å². The van der Waals surface area contributed by atoms with Crippen LogP contribution in [0.1, 0.15) is 5.56 Å². The zero-order valence-electron chi connectivity index (χ0n) is 9.14. The fraction of sp³-hybridized carbons (Fsp3) is 0.0769. The van der Waals surface area contributed by atoms with Crippen LogP contribution in [0.5, 0.6) is 0 Å². The second-order valence-corrected chi connectivity index (χ2v) is 4.80. The Balaban J connectivity index is 2.18. The number of aryl methyl sites for hydroxylation is 1. The van der Waals surface area contributed by atoms with E-state index in [1.54, 1.807) is 12.4 Å². The molecule has 0 atom stereocenters. The lowest BCUT2D eigenvalue weighted by Crippen LogP contribution is -1.79. The minimum atomic E-state index is 0.597. The number of aromatic nitrogens is 2. The van der Waals surface area contributed by atoms with Gasteiger partial charge in [-0.2, -0.15) is 0 Å². The first-order valence-corrected chi connectivity index (χ1v) is 6.00. The third-order valence-corrected chi connectivity index (χ3v) is 2.93. The zero-order chi connectivity index (χ0) is 11.8. The SMILES string of the molecule is Cc1ccc2oc(-c3cncc(Br)c3)nc2c1. The Morgan fingerprint density at radius 2 is 2.06 bits per heavy atom. The Labute approximate surface area is 107 Å². The van der Waals surface area contributed by atoms with E-state index in [4.69, 9.17) is 4.42 Å². The molecule has 0 aliphatic heterocycles. The number of hydrogen-bond acceptors (Lipinski definition) is 3. The summed E-state index contributed by atoms with van der Waals surface area (Å²) in [5.41, 5.74) is 3.71. The van der Waals surface area contributed by atoms with E-state index in [-0.39, 0.29) is 0 Å². The van der Waals surface area contributed by atoms with Gasteiger partial charge in [-0.3, -0.25) is 4.98 Å². The van der Waals surface area contributed by atoms with Crippen molar-refractivity contribution in [3.8, 4) is 11.5 Å². The van der Waals surface area contributed by atoms with E-state index in [2.05, 4.69) is 25.9 Å². The molecule has 0 fully saturated rings. The monoisotopic (exact) mass is 288 g/mol. The predicted molar refractivity (Wildman–Crippen MR) is 69.7 cm³/mol. The molecule has 17 heavy (non-hydrogen) atoms. The smallest absolute Gasteiger partial charge is 0.228 e. The Morgan fingerprint density at radius 1 is 1.18 bits per heavy atom. The van der Waals surface area contributed by atoms with Gasteiger partial charge in [0, 0.05) is 16.9 Å².